The number of rotatable bonds is 4. The molecule has 6 heteroatoms. The number of fused-ring (bicyclic) bond motifs is 1. The van der Waals surface area contributed by atoms with Crippen LogP contribution in [0.1, 0.15) is 6.42 Å². The first-order valence-corrected chi connectivity index (χ1v) is 8.85. The maximum atomic E-state index is 11.7. The molecule has 0 aliphatic carbocycles. The van der Waals surface area contributed by atoms with Crippen molar-refractivity contribution in [2.75, 3.05) is 18.1 Å². The second-order valence-electron chi connectivity index (χ2n) is 5.31. The first-order valence-electron chi connectivity index (χ1n) is 7.03. The van der Waals surface area contributed by atoms with Crippen molar-refractivity contribution < 1.29 is 22.7 Å². The van der Waals surface area contributed by atoms with Crippen molar-refractivity contribution in [2.45, 2.75) is 12.5 Å². The zero-order valence-electron chi connectivity index (χ0n) is 11.9. The summed E-state index contributed by atoms with van der Waals surface area (Å²) in [6, 6.07) is 13.4. The number of hydrogen-bond acceptors (Lipinski definition) is 5. The maximum absolute atomic E-state index is 11.7. The minimum atomic E-state index is -3.05. The number of benzene rings is 2. The Morgan fingerprint density at radius 2 is 1.91 bits per heavy atom. The van der Waals surface area contributed by atoms with Crippen LogP contribution in [0, 0.1) is 0 Å². The molecule has 0 aromatic heterocycles. The number of carbonyl (C=O) groups excluding carboxylic acids is 1. The summed E-state index contributed by atoms with van der Waals surface area (Å²) in [5.41, 5.74) is 0. The predicted octanol–water partition coefficient (Wildman–Crippen LogP) is 1.95. The molecule has 1 saturated heterocycles. The molecule has 0 bridgehead atoms. The van der Waals surface area contributed by atoms with E-state index in [1.54, 1.807) is 6.07 Å². The van der Waals surface area contributed by atoms with Crippen LogP contribution in [0.4, 0.5) is 0 Å². The van der Waals surface area contributed by atoms with Crippen LogP contribution in [-0.2, 0) is 19.4 Å². The number of hydrogen-bond donors (Lipinski definition) is 0. The van der Waals surface area contributed by atoms with Crippen LogP contribution in [0.3, 0.4) is 0 Å². The topological polar surface area (TPSA) is 69.7 Å². The van der Waals surface area contributed by atoms with Crippen molar-refractivity contribution in [1.82, 2.24) is 0 Å². The highest BCUT2D eigenvalue weighted by Gasteiger charge is 2.30. The van der Waals surface area contributed by atoms with Crippen molar-refractivity contribution in [3.8, 4) is 5.75 Å². The molecule has 0 saturated carbocycles. The average molecular weight is 320 g/mol. The van der Waals surface area contributed by atoms with E-state index in [1.165, 1.54) is 0 Å². The van der Waals surface area contributed by atoms with Gasteiger partial charge in [0.1, 0.15) is 11.9 Å². The van der Waals surface area contributed by atoms with Crippen LogP contribution in [0.25, 0.3) is 10.8 Å². The first-order chi connectivity index (χ1) is 10.5. The summed E-state index contributed by atoms with van der Waals surface area (Å²) in [7, 11) is -3.05. The molecule has 0 N–H and O–H groups in total. The number of esters is 1. The van der Waals surface area contributed by atoms with E-state index in [-0.39, 0.29) is 18.1 Å². The second-order valence-corrected chi connectivity index (χ2v) is 7.54. The Kier molecular flexibility index (Phi) is 4.02. The largest absolute Gasteiger partial charge is 0.482 e. The third-order valence-corrected chi connectivity index (χ3v) is 5.30. The van der Waals surface area contributed by atoms with Crippen molar-refractivity contribution in [2.24, 2.45) is 0 Å². The molecule has 1 fully saturated rings. The summed E-state index contributed by atoms with van der Waals surface area (Å²) < 4.78 is 33.1. The van der Waals surface area contributed by atoms with Gasteiger partial charge in [-0.1, -0.05) is 30.3 Å². The lowest BCUT2D eigenvalue weighted by Gasteiger charge is -2.11. The molecule has 2 aromatic carbocycles. The van der Waals surface area contributed by atoms with Gasteiger partial charge in [0.2, 0.25) is 0 Å². The van der Waals surface area contributed by atoms with Crippen molar-refractivity contribution in [3.63, 3.8) is 0 Å². The van der Waals surface area contributed by atoms with Crippen LogP contribution in [0.5, 0.6) is 5.75 Å². The van der Waals surface area contributed by atoms with Crippen LogP contribution in [0.15, 0.2) is 42.5 Å². The maximum Gasteiger partial charge on any atom is 0.344 e. The van der Waals surface area contributed by atoms with Gasteiger partial charge < -0.3 is 9.47 Å². The van der Waals surface area contributed by atoms with E-state index >= 15 is 0 Å². The molecule has 1 aliphatic heterocycles. The summed E-state index contributed by atoms with van der Waals surface area (Å²) in [5, 5.41) is 2.11. The summed E-state index contributed by atoms with van der Waals surface area (Å²) >= 11 is 0. The van der Waals surface area contributed by atoms with Gasteiger partial charge in [-0.05, 0) is 29.3 Å². The van der Waals surface area contributed by atoms with Crippen LogP contribution < -0.4 is 4.74 Å². The van der Waals surface area contributed by atoms with Gasteiger partial charge in [0.25, 0.3) is 0 Å². The van der Waals surface area contributed by atoms with Crippen LogP contribution in [0.2, 0.25) is 0 Å². The lowest BCUT2D eigenvalue weighted by Crippen LogP contribution is -2.23. The third-order valence-electron chi connectivity index (χ3n) is 3.57. The van der Waals surface area contributed by atoms with Gasteiger partial charge in [-0.3, -0.25) is 0 Å². The molecule has 1 unspecified atom stereocenters. The Morgan fingerprint density at radius 1 is 1.14 bits per heavy atom. The Balaban J connectivity index is 1.56. The lowest BCUT2D eigenvalue weighted by atomic mass is 10.1. The first kappa shape index (κ1) is 14.8. The summed E-state index contributed by atoms with van der Waals surface area (Å²) in [5.74, 6) is 0.0236. The number of ether oxygens (including phenoxy) is 2. The molecule has 1 atom stereocenters. The zero-order chi connectivity index (χ0) is 15.6. The van der Waals surface area contributed by atoms with Gasteiger partial charge in [-0.15, -0.1) is 0 Å². The molecular weight excluding hydrogens is 304 g/mol. The molecule has 2 aromatic rings. The Morgan fingerprint density at radius 3 is 2.64 bits per heavy atom. The number of carbonyl (C=O) groups is 1. The van der Waals surface area contributed by atoms with E-state index in [2.05, 4.69) is 0 Å². The Bertz CT molecular complexity index is 797. The quantitative estimate of drug-likeness (QED) is 0.805. The Labute approximate surface area is 128 Å². The fraction of sp³-hybridized carbons (Fsp3) is 0.312. The Hall–Kier alpha value is -2.08. The molecular formula is C16H16O5S. The highest BCUT2D eigenvalue weighted by atomic mass is 32.2. The van der Waals surface area contributed by atoms with E-state index in [4.69, 9.17) is 9.47 Å². The average Bonchev–Trinajstić information content (AvgIpc) is 2.84. The van der Waals surface area contributed by atoms with Crippen LogP contribution >= 0.6 is 0 Å². The van der Waals surface area contributed by atoms with E-state index in [0.717, 1.165) is 10.8 Å². The molecule has 116 valence electrons. The van der Waals surface area contributed by atoms with Gasteiger partial charge >= 0.3 is 5.97 Å². The van der Waals surface area contributed by atoms with Gasteiger partial charge in [-0.2, -0.15) is 0 Å². The van der Waals surface area contributed by atoms with Crippen LogP contribution in [-0.4, -0.2) is 38.6 Å². The molecule has 0 spiro atoms. The smallest absolute Gasteiger partial charge is 0.344 e. The second kappa shape index (κ2) is 5.96. The van der Waals surface area contributed by atoms with Gasteiger partial charge in [0.05, 0.1) is 11.5 Å². The highest BCUT2D eigenvalue weighted by Crippen LogP contribution is 2.21. The number of sulfone groups is 1. The van der Waals surface area contributed by atoms with E-state index < -0.39 is 21.9 Å². The minimum Gasteiger partial charge on any atom is -0.482 e. The minimum absolute atomic E-state index is 0.0798. The SMILES string of the molecule is O=C(COc1ccc2ccccc2c1)OC1CCS(=O)(=O)C1. The normalized spacial score (nSPS) is 19.9. The van der Waals surface area contributed by atoms with E-state index in [1.807, 2.05) is 36.4 Å². The molecule has 3 rings (SSSR count). The molecule has 22 heavy (non-hydrogen) atoms. The predicted molar refractivity (Wildman–Crippen MR) is 82.6 cm³/mol. The highest BCUT2D eigenvalue weighted by molar-refractivity contribution is 7.91. The summed E-state index contributed by atoms with van der Waals surface area (Å²) in [6.45, 7) is -0.227. The van der Waals surface area contributed by atoms with Gasteiger partial charge in [0.15, 0.2) is 16.4 Å². The fourth-order valence-corrected chi connectivity index (χ4v) is 4.06. The van der Waals surface area contributed by atoms with E-state index in [9.17, 15) is 13.2 Å². The summed E-state index contributed by atoms with van der Waals surface area (Å²) in [6.07, 6.45) is -0.179. The van der Waals surface area contributed by atoms with Gasteiger partial charge in [-0.25, -0.2) is 13.2 Å². The molecule has 0 amide bonds. The lowest BCUT2D eigenvalue weighted by molar-refractivity contribution is -0.150. The van der Waals surface area contributed by atoms with Gasteiger partial charge in [0, 0.05) is 0 Å². The zero-order valence-corrected chi connectivity index (χ0v) is 12.7. The molecule has 1 heterocycles. The van der Waals surface area contributed by atoms with E-state index in [0.29, 0.717) is 12.2 Å². The van der Waals surface area contributed by atoms with Crippen molar-refractivity contribution in [1.29, 1.82) is 0 Å². The standard InChI is InChI=1S/C16H16O5S/c17-16(21-15-7-8-22(18,19)11-15)10-20-14-6-5-12-3-1-2-4-13(12)9-14/h1-6,9,15H,7-8,10-11H2. The summed E-state index contributed by atoms with van der Waals surface area (Å²) in [4.78, 5) is 11.7. The van der Waals surface area contributed by atoms with Crippen molar-refractivity contribution in [3.05, 3.63) is 42.5 Å². The molecule has 5 nitrogen and oxygen atoms in total. The fourth-order valence-electron chi connectivity index (χ4n) is 2.47. The molecule has 1 aliphatic rings. The van der Waals surface area contributed by atoms with Crippen molar-refractivity contribution >= 4 is 26.6 Å². The third kappa shape index (κ3) is 3.57. The molecule has 0 radical (unpaired) electrons. The monoisotopic (exact) mass is 320 g/mol.